The van der Waals surface area contributed by atoms with E-state index in [1.54, 1.807) is 12.1 Å². The Kier molecular flexibility index (Phi) is 4.63. The number of anilines is 1. The fraction of sp³-hybridized carbons (Fsp3) is 0.333. The van der Waals surface area contributed by atoms with Crippen LogP contribution in [0, 0.1) is 0 Å². The highest BCUT2D eigenvalue weighted by Crippen LogP contribution is 2.25. The van der Waals surface area contributed by atoms with Gasteiger partial charge >= 0.3 is 11.8 Å². The standard InChI is InChI=1S/C12H13Cl2N3O2/c13-8-1-2-10(9(14)7-8)16-11(18)12(19)17-5-3-15-4-6-17/h1-2,7,15H,3-6H2,(H,16,18). The third-order valence-electron chi connectivity index (χ3n) is 2.78. The maximum Gasteiger partial charge on any atom is 0.313 e. The van der Waals surface area contributed by atoms with E-state index >= 15 is 0 Å². The minimum atomic E-state index is -0.689. The second-order valence-electron chi connectivity index (χ2n) is 4.12. The lowest BCUT2D eigenvalue weighted by molar-refractivity contribution is -0.143. The zero-order valence-corrected chi connectivity index (χ0v) is 11.6. The molecule has 2 N–H and O–H groups in total. The number of amides is 2. The predicted octanol–water partition coefficient (Wildman–Crippen LogP) is 1.36. The molecule has 5 nitrogen and oxygen atoms in total. The van der Waals surface area contributed by atoms with Crippen LogP contribution in [-0.4, -0.2) is 42.9 Å². The second-order valence-corrected chi connectivity index (χ2v) is 4.96. The normalized spacial score (nSPS) is 15.2. The summed E-state index contributed by atoms with van der Waals surface area (Å²) in [6.07, 6.45) is 0. The Labute approximate surface area is 120 Å². The summed E-state index contributed by atoms with van der Waals surface area (Å²) in [6.45, 7) is 2.45. The van der Waals surface area contributed by atoms with Gasteiger partial charge in [-0.05, 0) is 18.2 Å². The minimum absolute atomic E-state index is 0.300. The van der Waals surface area contributed by atoms with E-state index in [0.29, 0.717) is 41.9 Å². The number of hydrogen-bond acceptors (Lipinski definition) is 3. The molecule has 0 unspecified atom stereocenters. The summed E-state index contributed by atoms with van der Waals surface area (Å²) < 4.78 is 0. The van der Waals surface area contributed by atoms with Crippen molar-refractivity contribution in [2.24, 2.45) is 0 Å². The summed E-state index contributed by atoms with van der Waals surface area (Å²) >= 11 is 11.7. The van der Waals surface area contributed by atoms with E-state index in [0.717, 1.165) is 0 Å². The van der Waals surface area contributed by atoms with Crippen LogP contribution in [0.15, 0.2) is 18.2 Å². The second kappa shape index (κ2) is 6.23. The highest BCUT2D eigenvalue weighted by molar-refractivity contribution is 6.42. The average Bonchev–Trinajstić information content (AvgIpc) is 2.42. The van der Waals surface area contributed by atoms with Crippen molar-refractivity contribution in [2.45, 2.75) is 0 Å². The Morgan fingerprint density at radius 2 is 1.89 bits per heavy atom. The lowest BCUT2D eigenvalue weighted by Gasteiger charge is -2.26. The predicted molar refractivity (Wildman–Crippen MR) is 74.5 cm³/mol. The number of nitrogens with zero attached hydrogens (tertiary/aromatic N) is 1. The monoisotopic (exact) mass is 301 g/mol. The molecular weight excluding hydrogens is 289 g/mol. The number of halogens is 2. The minimum Gasteiger partial charge on any atom is -0.332 e. The molecule has 0 bridgehead atoms. The SMILES string of the molecule is O=C(Nc1ccc(Cl)cc1Cl)C(=O)N1CCNCC1. The highest BCUT2D eigenvalue weighted by atomic mass is 35.5. The fourth-order valence-electron chi connectivity index (χ4n) is 1.78. The molecule has 1 aliphatic heterocycles. The Balaban J connectivity index is 2.01. The molecule has 2 rings (SSSR count). The van der Waals surface area contributed by atoms with Crippen molar-refractivity contribution in [3.05, 3.63) is 28.2 Å². The quantitative estimate of drug-likeness (QED) is 0.770. The van der Waals surface area contributed by atoms with Crippen molar-refractivity contribution in [3.8, 4) is 0 Å². The zero-order chi connectivity index (χ0) is 13.8. The first-order chi connectivity index (χ1) is 9.08. The summed E-state index contributed by atoms with van der Waals surface area (Å²) in [4.78, 5) is 25.2. The molecule has 1 heterocycles. The maximum atomic E-state index is 11.9. The van der Waals surface area contributed by atoms with E-state index in [-0.39, 0.29) is 0 Å². The molecule has 1 aromatic rings. The van der Waals surface area contributed by atoms with Gasteiger partial charge in [-0.3, -0.25) is 9.59 Å². The number of nitrogens with one attached hydrogen (secondary N) is 2. The van der Waals surface area contributed by atoms with Gasteiger partial charge in [-0.15, -0.1) is 0 Å². The van der Waals surface area contributed by atoms with Crippen LogP contribution in [0.5, 0.6) is 0 Å². The Morgan fingerprint density at radius 1 is 1.21 bits per heavy atom. The molecule has 0 spiro atoms. The van der Waals surface area contributed by atoms with Gasteiger partial charge in [0.2, 0.25) is 0 Å². The van der Waals surface area contributed by atoms with E-state index in [9.17, 15) is 9.59 Å². The van der Waals surface area contributed by atoms with Gasteiger partial charge in [0.15, 0.2) is 0 Å². The van der Waals surface area contributed by atoms with Crippen LogP contribution < -0.4 is 10.6 Å². The smallest absolute Gasteiger partial charge is 0.313 e. The third-order valence-corrected chi connectivity index (χ3v) is 3.33. The van der Waals surface area contributed by atoms with E-state index in [4.69, 9.17) is 23.2 Å². The van der Waals surface area contributed by atoms with Crippen LogP contribution in [0.1, 0.15) is 0 Å². The Hall–Kier alpha value is -1.30. The van der Waals surface area contributed by atoms with E-state index < -0.39 is 11.8 Å². The van der Waals surface area contributed by atoms with Crippen molar-refractivity contribution in [2.75, 3.05) is 31.5 Å². The Bertz CT molecular complexity index is 502. The largest absolute Gasteiger partial charge is 0.332 e. The molecule has 0 atom stereocenters. The van der Waals surface area contributed by atoms with Crippen LogP contribution in [0.2, 0.25) is 10.0 Å². The average molecular weight is 302 g/mol. The number of benzene rings is 1. The molecule has 7 heteroatoms. The fourth-order valence-corrected chi connectivity index (χ4v) is 2.23. The molecular formula is C12H13Cl2N3O2. The molecule has 1 fully saturated rings. The lowest BCUT2D eigenvalue weighted by Crippen LogP contribution is -2.49. The van der Waals surface area contributed by atoms with Gasteiger partial charge in [0.1, 0.15) is 0 Å². The lowest BCUT2D eigenvalue weighted by atomic mass is 10.3. The van der Waals surface area contributed by atoms with Gasteiger partial charge in [0.05, 0.1) is 10.7 Å². The van der Waals surface area contributed by atoms with Crippen LogP contribution in [0.4, 0.5) is 5.69 Å². The summed E-state index contributed by atoms with van der Waals surface area (Å²) in [7, 11) is 0. The van der Waals surface area contributed by atoms with Gasteiger partial charge in [-0.25, -0.2) is 0 Å². The summed E-state index contributed by atoms with van der Waals surface area (Å²) in [5.74, 6) is -1.24. The number of piperazine rings is 1. The van der Waals surface area contributed by atoms with E-state index in [2.05, 4.69) is 10.6 Å². The molecule has 1 aliphatic rings. The first-order valence-electron chi connectivity index (χ1n) is 5.84. The number of rotatable bonds is 1. The molecule has 19 heavy (non-hydrogen) atoms. The zero-order valence-electron chi connectivity index (χ0n) is 10.1. The van der Waals surface area contributed by atoms with Crippen LogP contribution >= 0.6 is 23.2 Å². The van der Waals surface area contributed by atoms with Gasteiger partial charge < -0.3 is 15.5 Å². The third kappa shape index (κ3) is 3.59. The van der Waals surface area contributed by atoms with E-state index in [1.165, 1.54) is 11.0 Å². The van der Waals surface area contributed by atoms with Crippen LogP contribution in [0.3, 0.4) is 0 Å². The van der Waals surface area contributed by atoms with Crippen LogP contribution in [-0.2, 0) is 9.59 Å². The van der Waals surface area contributed by atoms with Crippen molar-refractivity contribution in [1.82, 2.24) is 10.2 Å². The molecule has 1 saturated heterocycles. The molecule has 1 aromatic carbocycles. The molecule has 0 aliphatic carbocycles. The number of hydrogen-bond donors (Lipinski definition) is 2. The molecule has 0 radical (unpaired) electrons. The first-order valence-corrected chi connectivity index (χ1v) is 6.59. The summed E-state index contributed by atoms with van der Waals surface area (Å²) in [6, 6.07) is 4.67. The van der Waals surface area contributed by atoms with Crippen LogP contribution in [0.25, 0.3) is 0 Å². The molecule has 0 aromatic heterocycles. The van der Waals surface area contributed by atoms with Gasteiger partial charge in [-0.1, -0.05) is 23.2 Å². The molecule has 2 amide bonds. The summed E-state index contributed by atoms with van der Waals surface area (Å²) in [5.41, 5.74) is 0.375. The number of carbonyl (C=O) groups excluding carboxylic acids is 2. The molecule has 102 valence electrons. The maximum absolute atomic E-state index is 11.9. The first kappa shape index (κ1) is 14.1. The topological polar surface area (TPSA) is 61.4 Å². The highest BCUT2D eigenvalue weighted by Gasteiger charge is 2.23. The number of carbonyl (C=O) groups is 2. The van der Waals surface area contributed by atoms with Gasteiger partial charge in [-0.2, -0.15) is 0 Å². The van der Waals surface area contributed by atoms with E-state index in [1.807, 2.05) is 0 Å². The van der Waals surface area contributed by atoms with Gasteiger partial charge in [0.25, 0.3) is 0 Å². The summed E-state index contributed by atoms with van der Waals surface area (Å²) in [5, 5.41) is 6.37. The van der Waals surface area contributed by atoms with Crippen molar-refractivity contribution in [1.29, 1.82) is 0 Å². The van der Waals surface area contributed by atoms with Crippen molar-refractivity contribution >= 4 is 40.7 Å². The van der Waals surface area contributed by atoms with Crippen molar-refractivity contribution < 1.29 is 9.59 Å². The van der Waals surface area contributed by atoms with Crippen molar-refractivity contribution in [3.63, 3.8) is 0 Å². The van der Waals surface area contributed by atoms with Gasteiger partial charge in [0, 0.05) is 31.2 Å². The molecule has 0 saturated carbocycles. The Morgan fingerprint density at radius 3 is 2.53 bits per heavy atom.